The average Bonchev–Trinajstić information content (AvgIpc) is 2.84. The third-order valence-corrected chi connectivity index (χ3v) is 4.73. The summed E-state index contributed by atoms with van der Waals surface area (Å²) in [6, 6.07) is 18.4. The molecule has 1 saturated heterocycles. The number of carbonyl (C=O) groups is 1. The number of amides is 1. The van der Waals surface area contributed by atoms with Crippen molar-refractivity contribution in [3.05, 3.63) is 65.7 Å². The van der Waals surface area contributed by atoms with Crippen LogP contribution in [0.1, 0.15) is 11.1 Å². The number of nitrogens with zero attached hydrogens (tertiary/aromatic N) is 1. The van der Waals surface area contributed by atoms with Crippen molar-refractivity contribution >= 4 is 23.4 Å². The van der Waals surface area contributed by atoms with E-state index in [0.717, 1.165) is 18.0 Å². The fourth-order valence-corrected chi connectivity index (χ4v) is 3.55. The first-order chi connectivity index (χ1) is 9.74. The Hall–Kier alpha value is -1.74. The number of hydrogen-bond donors (Lipinski definition) is 0. The zero-order chi connectivity index (χ0) is 13.9. The second-order valence-corrected chi connectivity index (χ2v) is 6.24. The van der Waals surface area contributed by atoms with Crippen LogP contribution in [0.4, 0.5) is 5.69 Å². The number of hydrogen-bond acceptors (Lipinski definition) is 2. The summed E-state index contributed by atoms with van der Waals surface area (Å²) in [5.41, 5.74) is 3.48. The van der Waals surface area contributed by atoms with Crippen molar-refractivity contribution in [2.24, 2.45) is 0 Å². The number of para-hydroxylation sites is 1. The van der Waals surface area contributed by atoms with Crippen LogP contribution in [0.3, 0.4) is 0 Å². The minimum absolute atomic E-state index is 0.0397. The maximum Gasteiger partial charge on any atom is 0.241 e. The maximum absolute atomic E-state index is 12.5. The SMILES string of the molecule is Cc1ccc(CC2SCN(c3ccccc3)C2=O)cc1. The number of aryl methyl sites for hydroxylation is 1. The molecule has 0 spiro atoms. The fourth-order valence-electron chi connectivity index (χ4n) is 2.37. The first-order valence-electron chi connectivity index (χ1n) is 6.77. The van der Waals surface area contributed by atoms with Crippen molar-refractivity contribution in [1.82, 2.24) is 0 Å². The van der Waals surface area contributed by atoms with E-state index in [1.807, 2.05) is 35.2 Å². The maximum atomic E-state index is 12.5. The summed E-state index contributed by atoms with van der Waals surface area (Å²) < 4.78 is 0. The van der Waals surface area contributed by atoms with E-state index in [1.54, 1.807) is 11.8 Å². The molecule has 1 unspecified atom stereocenters. The summed E-state index contributed by atoms with van der Waals surface area (Å²) in [6.45, 7) is 2.08. The van der Waals surface area contributed by atoms with Gasteiger partial charge in [-0.05, 0) is 31.0 Å². The third-order valence-electron chi connectivity index (χ3n) is 3.56. The summed E-state index contributed by atoms with van der Waals surface area (Å²) in [4.78, 5) is 14.4. The molecule has 20 heavy (non-hydrogen) atoms. The van der Waals surface area contributed by atoms with Gasteiger partial charge < -0.3 is 4.90 Å². The fraction of sp³-hybridized carbons (Fsp3) is 0.235. The highest BCUT2D eigenvalue weighted by Crippen LogP contribution is 2.31. The lowest BCUT2D eigenvalue weighted by atomic mass is 10.1. The van der Waals surface area contributed by atoms with Crippen LogP contribution in [0.2, 0.25) is 0 Å². The molecule has 3 rings (SSSR count). The molecule has 102 valence electrons. The van der Waals surface area contributed by atoms with Crippen LogP contribution in [0, 0.1) is 6.92 Å². The molecule has 2 aromatic rings. The summed E-state index contributed by atoms with van der Waals surface area (Å²) in [5.74, 6) is 0.973. The van der Waals surface area contributed by atoms with E-state index in [1.165, 1.54) is 11.1 Å². The van der Waals surface area contributed by atoms with Crippen molar-refractivity contribution in [2.45, 2.75) is 18.6 Å². The predicted octanol–water partition coefficient (Wildman–Crippen LogP) is 3.64. The highest BCUT2D eigenvalue weighted by atomic mass is 32.2. The minimum Gasteiger partial charge on any atom is -0.302 e. The monoisotopic (exact) mass is 283 g/mol. The van der Waals surface area contributed by atoms with E-state index < -0.39 is 0 Å². The van der Waals surface area contributed by atoms with Gasteiger partial charge in [-0.25, -0.2) is 0 Å². The van der Waals surface area contributed by atoms with Gasteiger partial charge in [-0.2, -0.15) is 0 Å². The van der Waals surface area contributed by atoms with Gasteiger partial charge in [-0.1, -0.05) is 48.0 Å². The molecule has 2 aromatic carbocycles. The smallest absolute Gasteiger partial charge is 0.241 e. The van der Waals surface area contributed by atoms with Gasteiger partial charge in [-0.3, -0.25) is 4.79 Å². The van der Waals surface area contributed by atoms with Gasteiger partial charge in [0.05, 0.1) is 11.1 Å². The van der Waals surface area contributed by atoms with E-state index in [9.17, 15) is 4.79 Å². The van der Waals surface area contributed by atoms with Crippen molar-refractivity contribution in [3.8, 4) is 0 Å². The summed E-state index contributed by atoms with van der Waals surface area (Å²) >= 11 is 1.73. The Balaban J connectivity index is 1.71. The second-order valence-electron chi connectivity index (χ2n) is 5.08. The molecule has 0 N–H and O–H groups in total. The van der Waals surface area contributed by atoms with Crippen molar-refractivity contribution in [2.75, 3.05) is 10.8 Å². The number of carbonyl (C=O) groups excluding carboxylic acids is 1. The van der Waals surface area contributed by atoms with Crippen LogP contribution in [-0.4, -0.2) is 17.0 Å². The van der Waals surface area contributed by atoms with E-state index in [0.29, 0.717) is 0 Å². The molecule has 0 aliphatic carbocycles. The van der Waals surface area contributed by atoms with E-state index in [4.69, 9.17) is 0 Å². The molecule has 0 aromatic heterocycles. The topological polar surface area (TPSA) is 20.3 Å². The lowest BCUT2D eigenvalue weighted by molar-refractivity contribution is -0.117. The highest BCUT2D eigenvalue weighted by molar-refractivity contribution is 8.01. The molecule has 3 heteroatoms. The van der Waals surface area contributed by atoms with Crippen molar-refractivity contribution in [1.29, 1.82) is 0 Å². The number of rotatable bonds is 3. The molecule has 1 heterocycles. The van der Waals surface area contributed by atoms with Gasteiger partial charge in [0.2, 0.25) is 5.91 Å². The van der Waals surface area contributed by atoms with Crippen LogP contribution in [0.5, 0.6) is 0 Å². The van der Waals surface area contributed by atoms with Gasteiger partial charge in [0.1, 0.15) is 0 Å². The lowest BCUT2D eigenvalue weighted by Gasteiger charge is -2.15. The number of benzene rings is 2. The molecule has 1 aliphatic rings. The minimum atomic E-state index is 0.0397. The Labute approximate surface area is 123 Å². The molecule has 1 aliphatic heterocycles. The molecule has 2 nitrogen and oxygen atoms in total. The highest BCUT2D eigenvalue weighted by Gasteiger charge is 2.32. The van der Waals surface area contributed by atoms with Gasteiger partial charge in [-0.15, -0.1) is 11.8 Å². The largest absolute Gasteiger partial charge is 0.302 e. The molecule has 1 fully saturated rings. The lowest BCUT2D eigenvalue weighted by Crippen LogP contribution is -2.30. The molecule has 0 radical (unpaired) electrons. The van der Waals surface area contributed by atoms with Crippen LogP contribution in [0.15, 0.2) is 54.6 Å². The summed E-state index contributed by atoms with van der Waals surface area (Å²) in [6.07, 6.45) is 0.813. The van der Waals surface area contributed by atoms with Crippen molar-refractivity contribution in [3.63, 3.8) is 0 Å². The average molecular weight is 283 g/mol. The molecular formula is C17H17NOS. The zero-order valence-corrected chi connectivity index (χ0v) is 12.3. The van der Waals surface area contributed by atoms with Gasteiger partial charge >= 0.3 is 0 Å². The Bertz CT molecular complexity index is 594. The molecule has 1 atom stereocenters. The van der Waals surface area contributed by atoms with Crippen LogP contribution in [0.25, 0.3) is 0 Å². The zero-order valence-electron chi connectivity index (χ0n) is 11.5. The second kappa shape index (κ2) is 5.71. The molecular weight excluding hydrogens is 266 g/mol. The van der Waals surface area contributed by atoms with Gasteiger partial charge in [0, 0.05) is 5.69 Å². The number of anilines is 1. The van der Waals surface area contributed by atoms with Crippen molar-refractivity contribution < 1.29 is 4.79 Å². The van der Waals surface area contributed by atoms with Crippen LogP contribution in [-0.2, 0) is 11.2 Å². The van der Waals surface area contributed by atoms with E-state index in [-0.39, 0.29) is 11.2 Å². The quantitative estimate of drug-likeness (QED) is 0.857. The Kier molecular flexibility index (Phi) is 3.79. The van der Waals surface area contributed by atoms with Crippen LogP contribution < -0.4 is 4.90 Å². The summed E-state index contributed by atoms with van der Waals surface area (Å²) in [5, 5.41) is 0.0397. The van der Waals surface area contributed by atoms with Gasteiger partial charge in [0.25, 0.3) is 0 Å². The molecule has 1 amide bonds. The van der Waals surface area contributed by atoms with E-state index in [2.05, 4.69) is 31.2 Å². The summed E-state index contributed by atoms with van der Waals surface area (Å²) in [7, 11) is 0. The third kappa shape index (κ3) is 2.73. The Morgan fingerprint density at radius 3 is 2.50 bits per heavy atom. The molecule has 0 saturated carbocycles. The van der Waals surface area contributed by atoms with Gasteiger partial charge in [0.15, 0.2) is 0 Å². The normalized spacial score (nSPS) is 18.6. The standard InChI is InChI=1S/C17H17NOS/c1-13-7-9-14(10-8-13)11-16-17(19)18(12-20-16)15-5-3-2-4-6-15/h2-10,16H,11-12H2,1H3. The van der Waals surface area contributed by atoms with Crippen LogP contribution >= 0.6 is 11.8 Å². The first kappa shape index (κ1) is 13.3. The molecule has 0 bridgehead atoms. The first-order valence-corrected chi connectivity index (χ1v) is 7.82. The Morgan fingerprint density at radius 1 is 1.10 bits per heavy atom. The Morgan fingerprint density at radius 2 is 1.80 bits per heavy atom. The predicted molar refractivity (Wildman–Crippen MR) is 85.1 cm³/mol. The van der Waals surface area contributed by atoms with E-state index >= 15 is 0 Å². The number of thioether (sulfide) groups is 1.